The number of imidazole rings is 1. The van der Waals surface area contributed by atoms with E-state index in [1.807, 2.05) is 11.6 Å². The van der Waals surface area contributed by atoms with Gasteiger partial charge < -0.3 is 9.88 Å². The molecule has 4 nitrogen and oxygen atoms in total. The monoisotopic (exact) mass is 367 g/mol. The molecule has 1 aliphatic rings. The van der Waals surface area contributed by atoms with Crippen LogP contribution in [0.2, 0.25) is 0 Å². The molecule has 0 unspecified atom stereocenters. The maximum atomic E-state index is 13.3. The third kappa shape index (κ3) is 3.60. The molecule has 0 spiro atoms. The summed E-state index contributed by atoms with van der Waals surface area (Å²) in [6.07, 6.45) is 4.20. The minimum atomic E-state index is -0.465. The molecule has 0 bridgehead atoms. The topological polar surface area (TPSA) is 46.9 Å². The molecule has 1 amide bonds. The largest absolute Gasteiger partial charge is 0.342 e. The average Bonchev–Trinajstić information content (AvgIpc) is 3.35. The van der Waals surface area contributed by atoms with Crippen LogP contribution in [0.3, 0.4) is 0 Å². The summed E-state index contributed by atoms with van der Waals surface area (Å²) in [6.45, 7) is 0. The summed E-state index contributed by atoms with van der Waals surface area (Å²) in [6, 6.07) is 11.9. The number of amides is 1. The lowest BCUT2D eigenvalue weighted by molar-refractivity contribution is -0.123. The zero-order valence-electron chi connectivity index (χ0n) is 14.8. The molecule has 3 aromatic rings. The number of halogens is 2. The number of carbonyl (C=O) groups is 1. The van der Waals surface area contributed by atoms with Gasteiger partial charge in [-0.05, 0) is 47.7 Å². The van der Waals surface area contributed by atoms with Crippen molar-refractivity contribution in [1.82, 2.24) is 14.9 Å². The number of rotatable bonds is 5. The zero-order valence-corrected chi connectivity index (χ0v) is 14.8. The molecule has 1 fully saturated rings. The first-order valence-electron chi connectivity index (χ1n) is 8.81. The van der Waals surface area contributed by atoms with Crippen LogP contribution in [0.5, 0.6) is 0 Å². The standard InChI is InChI=1S/C21H19F2N3O/c1-26-11-10-24-20(26)19(14-4-8-16(23)9-5-14)25-21(27)18-12-17(18)13-2-6-15(22)7-3-13/h2-11,17-19H,12H2,1H3,(H,25,27)/t17-,18-,19+/m0/s1. The van der Waals surface area contributed by atoms with Gasteiger partial charge >= 0.3 is 0 Å². The van der Waals surface area contributed by atoms with Gasteiger partial charge in [-0.25, -0.2) is 13.8 Å². The Hall–Kier alpha value is -3.02. The van der Waals surface area contributed by atoms with Crippen molar-refractivity contribution < 1.29 is 13.6 Å². The normalized spacial score (nSPS) is 19.5. The van der Waals surface area contributed by atoms with E-state index in [4.69, 9.17) is 0 Å². The van der Waals surface area contributed by atoms with Gasteiger partial charge in [0.25, 0.3) is 0 Å². The first-order valence-corrected chi connectivity index (χ1v) is 8.81. The molecule has 138 valence electrons. The first-order chi connectivity index (χ1) is 13.0. The molecular weight excluding hydrogens is 348 g/mol. The summed E-state index contributed by atoms with van der Waals surface area (Å²) < 4.78 is 28.2. The SMILES string of the molecule is Cn1ccnc1[C@H](NC(=O)[C@H]1C[C@H]1c1ccc(F)cc1)c1ccc(F)cc1. The molecule has 4 rings (SSSR count). The van der Waals surface area contributed by atoms with E-state index in [2.05, 4.69) is 10.3 Å². The van der Waals surface area contributed by atoms with E-state index in [0.717, 1.165) is 17.5 Å². The molecule has 1 N–H and O–H groups in total. The highest BCUT2D eigenvalue weighted by molar-refractivity contribution is 5.83. The minimum Gasteiger partial charge on any atom is -0.342 e. The van der Waals surface area contributed by atoms with Crippen molar-refractivity contribution in [2.45, 2.75) is 18.4 Å². The third-order valence-corrected chi connectivity index (χ3v) is 5.03. The Labute approximate surface area is 155 Å². The molecule has 1 aliphatic carbocycles. The van der Waals surface area contributed by atoms with Crippen molar-refractivity contribution in [1.29, 1.82) is 0 Å². The third-order valence-electron chi connectivity index (χ3n) is 5.03. The number of aromatic nitrogens is 2. The van der Waals surface area contributed by atoms with Crippen molar-refractivity contribution >= 4 is 5.91 Å². The second kappa shape index (κ2) is 6.95. The van der Waals surface area contributed by atoms with Gasteiger partial charge in [0, 0.05) is 25.4 Å². The minimum absolute atomic E-state index is 0.0818. The summed E-state index contributed by atoms with van der Waals surface area (Å²) in [7, 11) is 1.85. The van der Waals surface area contributed by atoms with Crippen molar-refractivity contribution in [2.75, 3.05) is 0 Å². The van der Waals surface area contributed by atoms with Gasteiger partial charge in [-0.3, -0.25) is 4.79 Å². The van der Waals surface area contributed by atoms with E-state index in [9.17, 15) is 13.6 Å². The number of nitrogens with one attached hydrogen (secondary N) is 1. The summed E-state index contributed by atoms with van der Waals surface area (Å²) in [4.78, 5) is 17.2. The summed E-state index contributed by atoms with van der Waals surface area (Å²) in [5.41, 5.74) is 1.73. The Balaban J connectivity index is 1.53. The molecule has 3 atom stereocenters. The molecule has 0 saturated heterocycles. The van der Waals surface area contributed by atoms with Gasteiger partial charge in [-0.15, -0.1) is 0 Å². The lowest BCUT2D eigenvalue weighted by Gasteiger charge is -2.19. The van der Waals surface area contributed by atoms with Gasteiger partial charge in [0.05, 0.1) is 0 Å². The highest BCUT2D eigenvalue weighted by Crippen LogP contribution is 2.47. The van der Waals surface area contributed by atoms with E-state index in [1.165, 1.54) is 24.3 Å². The molecule has 1 saturated carbocycles. The highest BCUT2D eigenvalue weighted by atomic mass is 19.1. The molecule has 1 heterocycles. The maximum Gasteiger partial charge on any atom is 0.224 e. The molecule has 0 aliphatic heterocycles. The molecular formula is C21H19F2N3O. The Kier molecular flexibility index (Phi) is 4.48. The van der Waals surface area contributed by atoms with Crippen LogP contribution in [0.1, 0.15) is 35.3 Å². The fraction of sp³-hybridized carbons (Fsp3) is 0.238. The van der Waals surface area contributed by atoms with Crippen LogP contribution < -0.4 is 5.32 Å². The number of nitrogens with zero attached hydrogens (tertiary/aromatic N) is 2. The van der Waals surface area contributed by atoms with Gasteiger partial charge in [0.15, 0.2) is 0 Å². The fourth-order valence-corrected chi connectivity index (χ4v) is 3.42. The van der Waals surface area contributed by atoms with Crippen molar-refractivity contribution in [3.05, 3.63) is 89.5 Å². The number of hydrogen-bond acceptors (Lipinski definition) is 2. The van der Waals surface area contributed by atoms with Gasteiger partial charge in [0.2, 0.25) is 5.91 Å². The maximum absolute atomic E-state index is 13.3. The molecule has 6 heteroatoms. The lowest BCUT2D eigenvalue weighted by Crippen LogP contribution is -2.32. The number of carbonyl (C=O) groups excluding carboxylic acids is 1. The first kappa shape index (κ1) is 17.4. The summed E-state index contributed by atoms with van der Waals surface area (Å²) >= 11 is 0. The highest BCUT2D eigenvalue weighted by Gasteiger charge is 2.44. The molecule has 2 aromatic carbocycles. The smallest absolute Gasteiger partial charge is 0.224 e. The zero-order chi connectivity index (χ0) is 19.0. The van der Waals surface area contributed by atoms with E-state index in [1.54, 1.807) is 36.7 Å². The Morgan fingerprint density at radius 1 is 1.11 bits per heavy atom. The number of hydrogen-bond donors (Lipinski definition) is 1. The van der Waals surface area contributed by atoms with Crippen molar-refractivity contribution in [2.24, 2.45) is 13.0 Å². The summed E-state index contributed by atoms with van der Waals surface area (Å²) in [5, 5.41) is 3.05. The van der Waals surface area contributed by atoms with Crippen molar-refractivity contribution in [3.8, 4) is 0 Å². The predicted molar refractivity (Wildman–Crippen MR) is 96.8 cm³/mol. The second-order valence-corrected chi connectivity index (χ2v) is 6.89. The van der Waals surface area contributed by atoms with E-state index < -0.39 is 6.04 Å². The summed E-state index contributed by atoms with van der Waals surface area (Å²) in [5.74, 6) is -0.0797. The van der Waals surface area contributed by atoms with Gasteiger partial charge in [-0.2, -0.15) is 0 Å². The van der Waals surface area contributed by atoms with Crippen LogP contribution >= 0.6 is 0 Å². The molecule has 1 aromatic heterocycles. The van der Waals surface area contributed by atoms with Crippen LogP contribution in [0, 0.1) is 17.6 Å². The Morgan fingerprint density at radius 2 is 1.74 bits per heavy atom. The van der Waals surface area contributed by atoms with E-state index >= 15 is 0 Å². The Bertz CT molecular complexity index is 950. The quantitative estimate of drug-likeness (QED) is 0.747. The van der Waals surface area contributed by atoms with Gasteiger partial charge in [-0.1, -0.05) is 24.3 Å². The van der Waals surface area contributed by atoms with Crippen LogP contribution in [0.25, 0.3) is 0 Å². The van der Waals surface area contributed by atoms with Crippen LogP contribution in [0.15, 0.2) is 60.9 Å². The van der Waals surface area contributed by atoms with Crippen LogP contribution in [-0.2, 0) is 11.8 Å². The lowest BCUT2D eigenvalue weighted by atomic mass is 10.0. The number of aryl methyl sites for hydroxylation is 1. The van der Waals surface area contributed by atoms with E-state index in [0.29, 0.717) is 5.82 Å². The predicted octanol–water partition coefficient (Wildman–Crippen LogP) is 3.71. The molecule has 0 radical (unpaired) electrons. The van der Waals surface area contributed by atoms with Crippen LogP contribution in [0.4, 0.5) is 8.78 Å². The fourth-order valence-electron chi connectivity index (χ4n) is 3.42. The van der Waals surface area contributed by atoms with Crippen LogP contribution in [-0.4, -0.2) is 15.5 Å². The van der Waals surface area contributed by atoms with Crippen molar-refractivity contribution in [3.63, 3.8) is 0 Å². The Morgan fingerprint density at radius 3 is 2.33 bits per heavy atom. The number of benzene rings is 2. The van der Waals surface area contributed by atoms with Gasteiger partial charge in [0.1, 0.15) is 23.5 Å². The second-order valence-electron chi connectivity index (χ2n) is 6.89. The average molecular weight is 367 g/mol. The van der Waals surface area contributed by atoms with E-state index in [-0.39, 0.29) is 29.4 Å². The molecule has 27 heavy (non-hydrogen) atoms.